The molecule has 2 aromatic rings. The van der Waals surface area contributed by atoms with Crippen LogP contribution in [0.4, 0.5) is 5.88 Å². The molecule has 0 saturated heterocycles. The predicted molar refractivity (Wildman–Crippen MR) is 121 cm³/mol. The number of hydrogen-bond donors (Lipinski definition) is 1. The number of esters is 2. The van der Waals surface area contributed by atoms with Gasteiger partial charge in [0, 0.05) is 6.20 Å². The van der Waals surface area contributed by atoms with Crippen molar-refractivity contribution in [1.29, 1.82) is 0 Å². The van der Waals surface area contributed by atoms with Gasteiger partial charge < -0.3 is 28.6 Å². The SMILES string of the molecule is COC(=O)C1=Cc2cc(O)c(OC)cc2C(C2CC2)N(Cc2ccc([N+](=O)[O-])o2)C=C1C(=O)OC. The van der Waals surface area contributed by atoms with Crippen molar-refractivity contribution >= 4 is 23.9 Å². The zero-order valence-electron chi connectivity index (χ0n) is 19.3. The summed E-state index contributed by atoms with van der Waals surface area (Å²) in [5, 5.41) is 21.6. The number of ether oxygens (including phenoxy) is 3. The number of carbonyl (C=O) groups excluding carboxylic acids is 2. The van der Waals surface area contributed by atoms with E-state index in [1.165, 1.54) is 51.8 Å². The Balaban J connectivity index is 1.95. The average molecular weight is 484 g/mol. The molecule has 1 aromatic heterocycles. The van der Waals surface area contributed by atoms with E-state index < -0.39 is 22.7 Å². The van der Waals surface area contributed by atoms with Gasteiger partial charge in [-0.25, -0.2) is 9.59 Å². The fourth-order valence-corrected chi connectivity index (χ4v) is 4.23. The molecular weight excluding hydrogens is 460 g/mol. The third-order valence-electron chi connectivity index (χ3n) is 5.99. The van der Waals surface area contributed by atoms with Crippen molar-refractivity contribution in [2.75, 3.05) is 21.3 Å². The van der Waals surface area contributed by atoms with Gasteiger partial charge in [0.05, 0.1) is 51.1 Å². The van der Waals surface area contributed by atoms with Gasteiger partial charge in [-0.15, -0.1) is 0 Å². The summed E-state index contributed by atoms with van der Waals surface area (Å²) < 4.78 is 20.6. The molecule has 0 spiro atoms. The predicted octanol–water partition coefficient (Wildman–Crippen LogP) is 3.48. The highest BCUT2D eigenvalue weighted by molar-refractivity contribution is 6.10. The van der Waals surface area contributed by atoms with Crippen LogP contribution in [-0.4, -0.2) is 48.2 Å². The highest BCUT2D eigenvalue weighted by atomic mass is 16.6. The van der Waals surface area contributed by atoms with Crippen LogP contribution in [0.3, 0.4) is 0 Å². The third-order valence-corrected chi connectivity index (χ3v) is 5.99. The average Bonchev–Trinajstić information content (AvgIpc) is 3.56. The summed E-state index contributed by atoms with van der Waals surface area (Å²) in [6.45, 7) is 0.0621. The van der Waals surface area contributed by atoms with E-state index in [1.54, 1.807) is 11.0 Å². The molecule has 2 heterocycles. The Hall–Kier alpha value is -4.28. The lowest BCUT2D eigenvalue weighted by Crippen LogP contribution is -2.29. The Morgan fingerprint density at radius 1 is 1.14 bits per heavy atom. The number of hydrogen-bond acceptors (Lipinski definition) is 10. The number of nitrogens with zero attached hydrogens (tertiary/aromatic N) is 2. The Morgan fingerprint density at radius 3 is 2.40 bits per heavy atom. The fraction of sp³-hybridized carbons (Fsp3) is 0.333. The highest BCUT2D eigenvalue weighted by Gasteiger charge is 2.40. The lowest BCUT2D eigenvalue weighted by molar-refractivity contribution is -0.402. The van der Waals surface area contributed by atoms with Crippen LogP contribution in [0.1, 0.15) is 35.8 Å². The Labute approximate surface area is 200 Å². The molecule has 35 heavy (non-hydrogen) atoms. The Morgan fingerprint density at radius 2 is 1.83 bits per heavy atom. The zero-order valence-corrected chi connectivity index (χ0v) is 19.3. The van der Waals surface area contributed by atoms with Crippen LogP contribution in [0.15, 0.2) is 46.0 Å². The number of phenols is 1. The number of nitro groups is 1. The third kappa shape index (κ3) is 4.70. The van der Waals surface area contributed by atoms with Crippen molar-refractivity contribution < 1.29 is 38.2 Å². The molecule has 11 heteroatoms. The topological polar surface area (TPSA) is 142 Å². The number of benzene rings is 1. The van der Waals surface area contributed by atoms with Gasteiger partial charge in [0.15, 0.2) is 11.5 Å². The molecule has 11 nitrogen and oxygen atoms in total. The highest BCUT2D eigenvalue weighted by Crippen LogP contribution is 2.49. The molecule has 184 valence electrons. The number of aromatic hydroxyl groups is 1. The minimum Gasteiger partial charge on any atom is -0.504 e. The first-order valence-electron chi connectivity index (χ1n) is 10.8. The van der Waals surface area contributed by atoms with E-state index in [9.17, 15) is 24.8 Å². The molecule has 2 aliphatic rings. The van der Waals surface area contributed by atoms with Crippen molar-refractivity contribution in [3.05, 3.63) is 68.6 Å². The Kier molecular flexibility index (Phi) is 6.50. The maximum atomic E-state index is 12.8. The van der Waals surface area contributed by atoms with E-state index >= 15 is 0 Å². The minimum absolute atomic E-state index is 0.0621. The van der Waals surface area contributed by atoms with Gasteiger partial charge in [-0.05, 0) is 54.2 Å². The lowest BCUT2D eigenvalue weighted by atomic mass is 9.90. The normalized spacial score (nSPS) is 17.3. The largest absolute Gasteiger partial charge is 0.504 e. The first-order valence-corrected chi connectivity index (χ1v) is 10.8. The van der Waals surface area contributed by atoms with E-state index in [0.717, 1.165) is 18.4 Å². The first-order chi connectivity index (χ1) is 16.8. The van der Waals surface area contributed by atoms with Gasteiger partial charge >= 0.3 is 17.8 Å². The standard InChI is InChI=1S/C24H24N2O9/c1-32-20-10-16-14(9-19(20)27)8-17(23(28)33-2)18(24(29)34-3)12-25(22(16)13-4-5-13)11-15-6-7-21(35-15)26(30)31/h6-10,12-13,22,27H,4-5,11H2,1-3H3. The summed E-state index contributed by atoms with van der Waals surface area (Å²) >= 11 is 0. The summed E-state index contributed by atoms with van der Waals surface area (Å²) in [5.74, 6) is -1.38. The number of phenolic OH excluding ortho intramolecular Hbond substituents is 1. The van der Waals surface area contributed by atoms with Crippen LogP contribution in [0.5, 0.6) is 11.5 Å². The quantitative estimate of drug-likeness (QED) is 0.353. The van der Waals surface area contributed by atoms with Crippen LogP contribution < -0.4 is 4.74 Å². The van der Waals surface area contributed by atoms with Crippen LogP contribution in [0.25, 0.3) is 6.08 Å². The van der Waals surface area contributed by atoms with Gasteiger partial charge in [-0.3, -0.25) is 10.1 Å². The van der Waals surface area contributed by atoms with Crippen molar-refractivity contribution in [2.24, 2.45) is 5.92 Å². The van der Waals surface area contributed by atoms with Gasteiger partial charge in [-0.1, -0.05) is 0 Å². The molecule has 1 aromatic carbocycles. The lowest BCUT2D eigenvalue weighted by Gasteiger charge is -2.34. The molecule has 1 aliphatic heterocycles. The molecule has 1 fully saturated rings. The van der Waals surface area contributed by atoms with Crippen LogP contribution in [0.2, 0.25) is 0 Å². The number of carbonyl (C=O) groups is 2. The van der Waals surface area contributed by atoms with E-state index in [4.69, 9.17) is 18.6 Å². The van der Waals surface area contributed by atoms with Crippen molar-refractivity contribution in [3.63, 3.8) is 0 Å². The van der Waals surface area contributed by atoms with Crippen molar-refractivity contribution in [1.82, 2.24) is 4.90 Å². The van der Waals surface area contributed by atoms with Crippen molar-refractivity contribution in [3.8, 4) is 11.5 Å². The van der Waals surface area contributed by atoms with Gasteiger partial charge in [0.25, 0.3) is 0 Å². The summed E-state index contributed by atoms with van der Waals surface area (Å²) in [6.07, 6.45) is 4.77. The number of methoxy groups -OCH3 is 3. The maximum Gasteiger partial charge on any atom is 0.433 e. The molecular formula is C24H24N2O9. The summed E-state index contributed by atoms with van der Waals surface area (Å²) in [4.78, 5) is 37.8. The van der Waals surface area contributed by atoms with Crippen LogP contribution >= 0.6 is 0 Å². The van der Waals surface area contributed by atoms with E-state index in [2.05, 4.69) is 0 Å². The molecule has 0 amide bonds. The first kappa shape index (κ1) is 23.9. The second-order valence-corrected chi connectivity index (χ2v) is 8.19. The van der Waals surface area contributed by atoms with E-state index in [0.29, 0.717) is 11.3 Å². The van der Waals surface area contributed by atoms with Crippen LogP contribution in [-0.2, 0) is 25.6 Å². The Bertz CT molecular complexity index is 1240. The van der Waals surface area contributed by atoms with Gasteiger partial charge in [-0.2, -0.15) is 0 Å². The summed E-state index contributed by atoms with van der Waals surface area (Å²) in [6, 6.07) is 5.57. The molecule has 1 atom stereocenters. The monoisotopic (exact) mass is 484 g/mol. The van der Waals surface area contributed by atoms with Crippen molar-refractivity contribution in [2.45, 2.75) is 25.4 Å². The van der Waals surface area contributed by atoms with Gasteiger partial charge in [0.1, 0.15) is 10.7 Å². The molecule has 1 unspecified atom stereocenters. The fourth-order valence-electron chi connectivity index (χ4n) is 4.23. The number of fused-ring (bicyclic) bond motifs is 1. The van der Waals surface area contributed by atoms with Gasteiger partial charge in [0.2, 0.25) is 0 Å². The molecule has 1 N–H and O–H groups in total. The van der Waals surface area contributed by atoms with Crippen LogP contribution in [0, 0.1) is 16.0 Å². The number of furan rings is 1. The molecule has 1 aliphatic carbocycles. The summed E-state index contributed by atoms with van der Waals surface area (Å²) in [7, 11) is 3.82. The number of rotatable bonds is 7. The molecule has 0 radical (unpaired) electrons. The molecule has 4 rings (SSSR count). The smallest absolute Gasteiger partial charge is 0.433 e. The maximum absolute atomic E-state index is 12.8. The molecule has 0 bridgehead atoms. The zero-order chi connectivity index (χ0) is 25.3. The van der Waals surface area contributed by atoms with E-state index in [-0.39, 0.29) is 41.1 Å². The second-order valence-electron chi connectivity index (χ2n) is 8.19. The minimum atomic E-state index is -0.777. The molecule has 1 saturated carbocycles. The van der Waals surface area contributed by atoms with E-state index in [1.807, 2.05) is 0 Å². The second kappa shape index (κ2) is 9.53. The summed E-state index contributed by atoms with van der Waals surface area (Å²) in [5.41, 5.74) is 1.09.